The fourth-order valence-electron chi connectivity index (χ4n) is 1.96. The summed E-state index contributed by atoms with van der Waals surface area (Å²) in [6.07, 6.45) is 0.750. The van der Waals surface area contributed by atoms with Crippen molar-refractivity contribution in [3.05, 3.63) is 35.9 Å². The Balaban J connectivity index is 1.85. The molecule has 0 saturated carbocycles. The number of nitrogens with zero attached hydrogens (tertiary/aromatic N) is 2. The first-order chi connectivity index (χ1) is 11.6. The smallest absolute Gasteiger partial charge is 0.233 e. The van der Waals surface area contributed by atoms with Crippen LogP contribution in [0.5, 0.6) is 0 Å². The largest absolute Gasteiger partial charge is 0.360 e. The van der Waals surface area contributed by atoms with Crippen molar-refractivity contribution in [2.75, 3.05) is 11.9 Å². The second-order valence-corrected chi connectivity index (χ2v) is 8.29. The third-order valence-electron chi connectivity index (χ3n) is 3.28. The Morgan fingerprint density at radius 2 is 2.00 bits per heavy atom. The summed E-state index contributed by atoms with van der Waals surface area (Å²) in [5.74, 6) is 0.593. The Kier molecular flexibility index (Phi) is 7.52. The van der Waals surface area contributed by atoms with Crippen molar-refractivity contribution in [2.24, 2.45) is 5.92 Å². The molecule has 1 aromatic carbocycles. The number of benzene rings is 1. The lowest BCUT2D eigenvalue weighted by atomic mass is 10.2. The van der Waals surface area contributed by atoms with Gasteiger partial charge in [-0.3, -0.25) is 4.79 Å². The van der Waals surface area contributed by atoms with Gasteiger partial charge in [-0.2, -0.15) is 0 Å². The van der Waals surface area contributed by atoms with E-state index in [9.17, 15) is 4.79 Å². The van der Waals surface area contributed by atoms with Crippen molar-refractivity contribution in [1.29, 1.82) is 0 Å². The van der Waals surface area contributed by atoms with Crippen molar-refractivity contribution < 1.29 is 4.79 Å². The second-order valence-electron chi connectivity index (χ2n) is 5.87. The number of hydrogen-bond donors (Lipinski definition) is 2. The third-order valence-corrected chi connectivity index (χ3v) is 5.61. The standard InChI is InChI=1S/C17H24N4OS2/c1-4-14(15(22)18-11-13-8-6-5-7-9-13)23-17-21-20-16(24-17)19-10-12(2)3/h5-9,12,14H,4,10-11H2,1-3H3,(H,18,22)(H,19,20)/t14-/m0/s1. The summed E-state index contributed by atoms with van der Waals surface area (Å²) < 4.78 is 0.822. The zero-order valence-electron chi connectivity index (χ0n) is 14.3. The topological polar surface area (TPSA) is 66.9 Å². The predicted molar refractivity (Wildman–Crippen MR) is 101 cm³/mol. The highest BCUT2D eigenvalue weighted by Crippen LogP contribution is 2.30. The average molecular weight is 365 g/mol. The minimum absolute atomic E-state index is 0.0400. The SMILES string of the molecule is CC[C@H](Sc1nnc(NCC(C)C)s1)C(=O)NCc1ccccc1. The third kappa shape index (κ3) is 6.13. The van der Waals surface area contributed by atoms with Crippen LogP contribution < -0.4 is 10.6 Å². The van der Waals surface area contributed by atoms with Crippen molar-refractivity contribution >= 4 is 34.1 Å². The molecule has 1 atom stereocenters. The molecule has 1 heterocycles. The molecule has 130 valence electrons. The summed E-state index contributed by atoms with van der Waals surface area (Å²) in [7, 11) is 0. The van der Waals surface area contributed by atoms with E-state index in [0.717, 1.165) is 28.0 Å². The van der Waals surface area contributed by atoms with Crippen LogP contribution in [0.4, 0.5) is 5.13 Å². The minimum atomic E-state index is -0.153. The highest BCUT2D eigenvalue weighted by atomic mass is 32.2. The maximum atomic E-state index is 12.4. The van der Waals surface area contributed by atoms with Crippen molar-refractivity contribution in [3.63, 3.8) is 0 Å². The average Bonchev–Trinajstić information content (AvgIpc) is 3.04. The normalized spacial score (nSPS) is 12.2. The Hall–Kier alpha value is -1.60. The van der Waals surface area contributed by atoms with Gasteiger partial charge in [-0.25, -0.2) is 0 Å². The van der Waals surface area contributed by atoms with Crippen LogP contribution in [0.3, 0.4) is 0 Å². The lowest BCUT2D eigenvalue weighted by Crippen LogP contribution is -2.31. The van der Waals surface area contributed by atoms with E-state index in [-0.39, 0.29) is 11.2 Å². The first-order valence-electron chi connectivity index (χ1n) is 8.14. The van der Waals surface area contributed by atoms with Gasteiger partial charge in [0.15, 0.2) is 4.34 Å². The van der Waals surface area contributed by atoms with Crippen LogP contribution in [0.15, 0.2) is 34.7 Å². The molecule has 0 unspecified atom stereocenters. The van der Waals surface area contributed by atoms with Gasteiger partial charge in [-0.1, -0.05) is 74.2 Å². The summed E-state index contributed by atoms with van der Waals surface area (Å²) in [6.45, 7) is 7.72. The fourth-order valence-corrected chi connectivity index (χ4v) is 3.91. The highest BCUT2D eigenvalue weighted by Gasteiger charge is 2.20. The number of amides is 1. The van der Waals surface area contributed by atoms with Gasteiger partial charge in [0.05, 0.1) is 5.25 Å². The van der Waals surface area contributed by atoms with E-state index in [4.69, 9.17) is 0 Å². The van der Waals surface area contributed by atoms with E-state index in [2.05, 4.69) is 34.7 Å². The first kappa shape index (κ1) is 18.7. The molecule has 24 heavy (non-hydrogen) atoms. The highest BCUT2D eigenvalue weighted by molar-refractivity contribution is 8.02. The van der Waals surface area contributed by atoms with Gasteiger partial charge in [0.2, 0.25) is 11.0 Å². The molecular formula is C17H24N4OS2. The summed E-state index contributed by atoms with van der Waals surface area (Å²) in [5.41, 5.74) is 1.10. The van der Waals surface area contributed by atoms with Gasteiger partial charge >= 0.3 is 0 Å². The van der Waals surface area contributed by atoms with E-state index in [1.54, 1.807) is 0 Å². The van der Waals surface area contributed by atoms with Crippen molar-refractivity contribution in [3.8, 4) is 0 Å². The summed E-state index contributed by atoms with van der Waals surface area (Å²) >= 11 is 2.98. The fraction of sp³-hybridized carbons (Fsp3) is 0.471. The number of aromatic nitrogens is 2. The molecule has 0 fully saturated rings. The van der Waals surface area contributed by atoms with Crippen LogP contribution in [0.25, 0.3) is 0 Å². The van der Waals surface area contributed by atoms with Crippen LogP contribution in [0.2, 0.25) is 0 Å². The monoisotopic (exact) mass is 364 g/mol. The van der Waals surface area contributed by atoms with E-state index in [1.165, 1.54) is 23.1 Å². The number of rotatable bonds is 9. The molecule has 0 aliphatic heterocycles. The number of hydrogen-bond acceptors (Lipinski definition) is 6. The Bertz CT molecular complexity index is 631. The molecule has 2 N–H and O–H groups in total. The molecule has 0 spiro atoms. The van der Waals surface area contributed by atoms with E-state index >= 15 is 0 Å². The number of carbonyl (C=O) groups excluding carboxylic acids is 1. The molecule has 0 radical (unpaired) electrons. The van der Waals surface area contributed by atoms with E-state index in [1.807, 2.05) is 37.3 Å². The lowest BCUT2D eigenvalue weighted by molar-refractivity contribution is -0.120. The molecule has 7 heteroatoms. The Morgan fingerprint density at radius 3 is 2.67 bits per heavy atom. The predicted octanol–water partition coefficient (Wildman–Crippen LogP) is 3.79. The molecule has 0 saturated heterocycles. The molecule has 0 bridgehead atoms. The first-order valence-corrected chi connectivity index (χ1v) is 9.83. The second kappa shape index (κ2) is 9.64. The number of nitrogens with one attached hydrogen (secondary N) is 2. The van der Waals surface area contributed by atoms with E-state index < -0.39 is 0 Å². The van der Waals surface area contributed by atoms with Crippen LogP contribution in [-0.4, -0.2) is 27.9 Å². The molecule has 0 aliphatic rings. The maximum Gasteiger partial charge on any atom is 0.233 e. The number of thioether (sulfide) groups is 1. The summed E-state index contributed by atoms with van der Waals surface area (Å²) in [4.78, 5) is 12.4. The molecule has 2 rings (SSSR count). The van der Waals surface area contributed by atoms with Gasteiger partial charge in [0.25, 0.3) is 0 Å². The Labute approximate surface area is 151 Å². The minimum Gasteiger partial charge on any atom is -0.360 e. The van der Waals surface area contributed by atoms with Gasteiger partial charge in [-0.15, -0.1) is 10.2 Å². The molecule has 0 aliphatic carbocycles. The van der Waals surface area contributed by atoms with Crippen molar-refractivity contribution in [2.45, 2.75) is 43.3 Å². The van der Waals surface area contributed by atoms with Crippen molar-refractivity contribution in [1.82, 2.24) is 15.5 Å². The van der Waals surface area contributed by atoms with Crippen LogP contribution >= 0.6 is 23.1 Å². The van der Waals surface area contributed by atoms with Gasteiger partial charge < -0.3 is 10.6 Å². The molecule has 1 amide bonds. The number of carbonyl (C=O) groups is 1. The molecular weight excluding hydrogens is 340 g/mol. The van der Waals surface area contributed by atoms with Crippen LogP contribution in [0, 0.1) is 5.92 Å². The summed E-state index contributed by atoms with van der Waals surface area (Å²) in [6, 6.07) is 9.93. The van der Waals surface area contributed by atoms with Gasteiger partial charge in [-0.05, 0) is 17.9 Å². The van der Waals surface area contributed by atoms with E-state index in [0.29, 0.717) is 12.5 Å². The number of anilines is 1. The molecule has 5 nitrogen and oxygen atoms in total. The van der Waals surface area contributed by atoms with Crippen LogP contribution in [-0.2, 0) is 11.3 Å². The summed E-state index contributed by atoms with van der Waals surface area (Å²) in [5, 5.41) is 15.2. The molecule has 1 aromatic heterocycles. The van der Waals surface area contributed by atoms with Gasteiger partial charge in [0.1, 0.15) is 0 Å². The molecule has 2 aromatic rings. The lowest BCUT2D eigenvalue weighted by Gasteiger charge is -2.13. The maximum absolute atomic E-state index is 12.4. The van der Waals surface area contributed by atoms with Crippen LogP contribution in [0.1, 0.15) is 32.8 Å². The zero-order chi connectivity index (χ0) is 17.4. The Morgan fingerprint density at radius 1 is 1.25 bits per heavy atom. The zero-order valence-corrected chi connectivity index (χ0v) is 15.9. The van der Waals surface area contributed by atoms with Gasteiger partial charge in [0, 0.05) is 13.1 Å². The quantitative estimate of drug-likeness (QED) is 0.663.